The number of nitrogens with one attached hydrogen (secondary N) is 3. The number of hydrogen-bond acceptors (Lipinski definition) is 5. The third-order valence-corrected chi connectivity index (χ3v) is 4.53. The first-order valence-corrected chi connectivity index (χ1v) is 9.96. The van der Waals surface area contributed by atoms with Crippen LogP contribution in [0.25, 0.3) is 0 Å². The Morgan fingerprint density at radius 3 is 2.59 bits per heavy atom. The van der Waals surface area contributed by atoms with Crippen molar-refractivity contribution < 1.29 is 4.74 Å². The van der Waals surface area contributed by atoms with Crippen LogP contribution in [0.3, 0.4) is 0 Å². The molecule has 0 saturated heterocycles. The van der Waals surface area contributed by atoms with Crippen molar-refractivity contribution in [3.05, 3.63) is 70.9 Å². The minimum atomic E-state index is 0.412. The number of nitrogens with zero attached hydrogens (tertiary/aromatic N) is 2. The lowest BCUT2D eigenvalue weighted by atomic mass is 10.2. The second-order valence-electron chi connectivity index (χ2n) is 6.20. The van der Waals surface area contributed by atoms with E-state index in [1.165, 1.54) is 0 Å². The van der Waals surface area contributed by atoms with E-state index in [1.54, 1.807) is 0 Å². The van der Waals surface area contributed by atoms with E-state index in [-0.39, 0.29) is 0 Å². The van der Waals surface area contributed by atoms with Gasteiger partial charge in [0.2, 0.25) is 5.95 Å². The summed E-state index contributed by atoms with van der Waals surface area (Å²) in [4.78, 5) is 8.87. The topological polar surface area (TPSA) is 71.1 Å². The molecule has 3 aromatic rings. The molecule has 0 bridgehead atoms. The average molecular weight is 428 g/mol. The third kappa shape index (κ3) is 6.30. The molecule has 3 N–H and O–H groups in total. The summed E-state index contributed by atoms with van der Waals surface area (Å²) in [5.41, 5.74) is 2.67. The summed E-state index contributed by atoms with van der Waals surface area (Å²) >= 11 is 11.5. The first kappa shape index (κ1) is 20.8. The van der Waals surface area contributed by atoms with Gasteiger partial charge in [0.05, 0.1) is 6.61 Å². The molecule has 150 valence electrons. The molecule has 6 nitrogen and oxygen atoms in total. The Kier molecular flexibility index (Phi) is 7.21. The highest BCUT2D eigenvalue weighted by Crippen LogP contribution is 2.20. The van der Waals surface area contributed by atoms with E-state index in [4.69, 9.17) is 28.6 Å². The van der Waals surface area contributed by atoms with Crippen LogP contribution < -0.4 is 20.7 Å². The second kappa shape index (κ2) is 10.0. The van der Waals surface area contributed by atoms with Crippen molar-refractivity contribution in [2.24, 2.45) is 0 Å². The zero-order valence-corrected chi connectivity index (χ0v) is 17.8. The van der Waals surface area contributed by atoms with Gasteiger partial charge in [0.25, 0.3) is 0 Å². The van der Waals surface area contributed by atoms with Gasteiger partial charge in [-0.15, -0.1) is 0 Å². The molecule has 0 saturated carbocycles. The predicted molar refractivity (Wildman–Crippen MR) is 122 cm³/mol. The van der Waals surface area contributed by atoms with Crippen LogP contribution >= 0.6 is 23.8 Å². The third-order valence-electron chi connectivity index (χ3n) is 3.91. The maximum absolute atomic E-state index is 6.17. The fourth-order valence-corrected chi connectivity index (χ4v) is 2.97. The number of benzene rings is 2. The van der Waals surface area contributed by atoms with Crippen LogP contribution in [0, 0.1) is 6.92 Å². The van der Waals surface area contributed by atoms with Gasteiger partial charge in [-0.3, -0.25) is 0 Å². The van der Waals surface area contributed by atoms with Crippen molar-refractivity contribution in [3.63, 3.8) is 0 Å². The van der Waals surface area contributed by atoms with Crippen LogP contribution in [-0.2, 0) is 6.54 Å². The zero-order chi connectivity index (χ0) is 20.6. The fraction of sp³-hybridized carbons (Fsp3) is 0.190. The van der Waals surface area contributed by atoms with Gasteiger partial charge in [-0.05, 0) is 62.0 Å². The molecule has 2 aromatic carbocycles. The Morgan fingerprint density at radius 2 is 1.86 bits per heavy atom. The Bertz CT molecular complexity index is 981. The summed E-state index contributed by atoms with van der Waals surface area (Å²) in [6.45, 7) is 5.00. The molecular formula is C21H22ClN5OS. The summed E-state index contributed by atoms with van der Waals surface area (Å²) < 4.78 is 5.46. The monoisotopic (exact) mass is 427 g/mol. The van der Waals surface area contributed by atoms with Crippen LogP contribution in [0.2, 0.25) is 5.02 Å². The van der Waals surface area contributed by atoms with Gasteiger partial charge >= 0.3 is 0 Å². The lowest BCUT2D eigenvalue weighted by Crippen LogP contribution is -2.29. The lowest BCUT2D eigenvalue weighted by Gasteiger charge is -2.12. The molecule has 8 heteroatoms. The molecule has 3 rings (SSSR count). The van der Waals surface area contributed by atoms with E-state index in [1.807, 2.05) is 68.4 Å². The highest BCUT2D eigenvalue weighted by Gasteiger charge is 2.06. The number of anilines is 3. The average Bonchev–Trinajstić information content (AvgIpc) is 2.69. The molecule has 0 aliphatic rings. The van der Waals surface area contributed by atoms with Crippen molar-refractivity contribution >= 4 is 46.4 Å². The van der Waals surface area contributed by atoms with E-state index < -0.39 is 0 Å². The van der Waals surface area contributed by atoms with Crippen molar-refractivity contribution in [2.75, 3.05) is 17.2 Å². The molecule has 0 spiro atoms. The number of halogens is 1. The van der Waals surface area contributed by atoms with Gasteiger partial charge in [0.1, 0.15) is 11.6 Å². The van der Waals surface area contributed by atoms with Crippen LogP contribution in [0.4, 0.5) is 17.5 Å². The van der Waals surface area contributed by atoms with E-state index in [9.17, 15) is 0 Å². The van der Waals surface area contributed by atoms with Crippen molar-refractivity contribution in [3.8, 4) is 5.75 Å². The van der Waals surface area contributed by atoms with Gasteiger partial charge in [0.15, 0.2) is 5.11 Å². The summed E-state index contributed by atoms with van der Waals surface area (Å²) in [6, 6.07) is 17.2. The molecule has 0 aliphatic carbocycles. The second-order valence-corrected chi connectivity index (χ2v) is 7.02. The van der Waals surface area contributed by atoms with E-state index in [0.717, 1.165) is 22.7 Å². The molecule has 0 atom stereocenters. The minimum absolute atomic E-state index is 0.412. The van der Waals surface area contributed by atoms with Crippen molar-refractivity contribution in [1.82, 2.24) is 15.3 Å². The highest BCUT2D eigenvalue weighted by atomic mass is 35.5. The van der Waals surface area contributed by atoms with E-state index >= 15 is 0 Å². The standard InChI is InChI=1S/C21H22ClN5OS/c1-3-28-17-10-8-16(9-11-17)25-19-12-14(2)24-20(26-19)27-21(29)23-13-15-6-4-5-7-18(15)22/h4-12H,3,13H2,1-2H3,(H3,23,24,25,26,27,29). The molecular weight excluding hydrogens is 406 g/mol. The Labute approximate surface area is 180 Å². The van der Waals surface area contributed by atoms with Gasteiger partial charge < -0.3 is 20.7 Å². The van der Waals surface area contributed by atoms with E-state index in [0.29, 0.717) is 35.1 Å². The molecule has 0 fully saturated rings. The van der Waals surface area contributed by atoms with Crippen LogP contribution in [0.1, 0.15) is 18.2 Å². The van der Waals surface area contributed by atoms with Gasteiger partial charge in [-0.1, -0.05) is 29.8 Å². The van der Waals surface area contributed by atoms with Gasteiger partial charge in [0, 0.05) is 29.0 Å². The first-order valence-electron chi connectivity index (χ1n) is 9.17. The largest absolute Gasteiger partial charge is 0.494 e. The molecule has 0 radical (unpaired) electrons. The quantitative estimate of drug-likeness (QED) is 0.455. The number of thiocarbonyl (C=S) groups is 1. The predicted octanol–water partition coefficient (Wildman–Crippen LogP) is 5.07. The fourth-order valence-electron chi connectivity index (χ4n) is 2.60. The van der Waals surface area contributed by atoms with Crippen molar-refractivity contribution in [1.29, 1.82) is 0 Å². The summed E-state index contributed by atoms with van der Waals surface area (Å²) in [6.07, 6.45) is 0. The van der Waals surface area contributed by atoms with Gasteiger partial charge in [-0.2, -0.15) is 4.98 Å². The van der Waals surface area contributed by atoms with Crippen molar-refractivity contribution in [2.45, 2.75) is 20.4 Å². The van der Waals surface area contributed by atoms with Crippen LogP contribution in [0.15, 0.2) is 54.6 Å². The minimum Gasteiger partial charge on any atom is -0.494 e. The number of aromatic nitrogens is 2. The van der Waals surface area contributed by atoms with Crippen LogP contribution in [0.5, 0.6) is 5.75 Å². The molecule has 0 aliphatic heterocycles. The zero-order valence-electron chi connectivity index (χ0n) is 16.2. The Hall–Kier alpha value is -2.90. The van der Waals surface area contributed by atoms with Crippen LogP contribution in [-0.4, -0.2) is 21.7 Å². The number of rotatable bonds is 7. The summed E-state index contributed by atoms with van der Waals surface area (Å²) in [5.74, 6) is 1.90. The maximum Gasteiger partial charge on any atom is 0.231 e. The number of hydrogen-bond donors (Lipinski definition) is 3. The van der Waals surface area contributed by atoms with Gasteiger partial charge in [-0.25, -0.2) is 4.98 Å². The maximum atomic E-state index is 6.17. The Balaban J connectivity index is 1.62. The SMILES string of the molecule is CCOc1ccc(Nc2cc(C)nc(NC(=S)NCc3ccccc3Cl)n2)cc1. The molecule has 0 amide bonds. The Morgan fingerprint density at radius 1 is 1.10 bits per heavy atom. The molecule has 0 unspecified atom stereocenters. The lowest BCUT2D eigenvalue weighted by molar-refractivity contribution is 0.340. The first-order chi connectivity index (χ1) is 14.0. The highest BCUT2D eigenvalue weighted by molar-refractivity contribution is 7.80. The molecule has 29 heavy (non-hydrogen) atoms. The number of aryl methyl sites for hydroxylation is 1. The summed E-state index contributed by atoms with van der Waals surface area (Å²) in [7, 11) is 0. The number of ether oxygens (including phenoxy) is 1. The molecule has 1 aromatic heterocycles. The smallest absolute Gasteiger partial charge is 0.231 e. The van der Waals surface area contributed by atoms with E-state index in [2.05, 4.69) is 25.9 Å². The molecule has 1 heterocycles. The summed E-state index contributed by atoms with van der Waals surface area (Å²) in [5, 5.41) is 10.5. The normalized spacial score (nSPS) is 10.3.